The number of nitrogens with zero attached hydrogens (tertiary/aromatic N) is 3. The summed E-state index contributed by atoms with van der Waals surface area (Å²) in [5.74, 6) is 1.34. The van der Waals surface area contributed by atoms with Crippen LogP contribution in [0.1, 0.15) is 26.3 Å². The molecule has 0 aliphatic carbocycles. The molecule has 0 bridgehead atoms. The van der Waals surface area contributed by atoms with Gasteiger partial charge in [-0.25, -0.2) is 4.68 Å². The zero-order valence-electron chi connectivity index (χ0n) is 14.0. The largest absolute Gasteiger partial charge is 0.354 e. The van der Waals surface area contributed by atoms with Gasteiger partial charge in [-0.1, -0.05) is 25.4 Å². The topological polar surface area (TPSA) is 54.2 Å². The van der Waals surface area contributed by atoms with Crippen LogP contribution in [0.5, 0.6) is 0 Å². The second kappa shape index (κ2) is 8.02. The molecule has 23 heavy (non-hydrogen) atoms. The van der Waals surface area contributed by atoms with Gasteiger partial charge in [-0.15, -0.1) is 0 Å². The molecule has 0 fully saturated rings. The molecular formula is C17H24ClN5. The maximum absolute atomic E-state index is 5.91. The maximum atomic E-state index is 5.91. The first kappa shape index (κ1) is 17.3. The molecule has 1 atom stereocenters. The van der Waals surface area contributed by atoms with Crippen molar-refractivity contribution in [3.05, 3.63) is 47.2 Å². The molecule has 0 spiro atoms. The number of nitrogens with one attached hydrogen (secondary N) is 2. The number of benzene rings is 1. The Labute approximate surface area is 142 Å². The minimum atomic E-state index is 0.359. The SMILES string of the molecule is CN=C(NCc1cnn(-c2ccc(Cl)cc2)c1)NC(C)C(C)C. The molecular weight excluding hydrogens is 310 g/mol. The first-order chi connectivity index (χ1) is 11.0. The summed E-state index contributed by atoms with van der Waals surface area (Å²) in [5, 5.41) is 11.8. The van der Waals surface area contributed by atoms with Crippen LogP contribution in [0.3, 0.4) is 0 Å². The molecule has 0 radical (unpaired) electrons. The lowest BCUT2D eigenvalue weighted by Gasteiger charge is -2.20. The van der Waals surface area contributed by atoms with Crippen LogP contribution < -0.4 is 10.6 Å². The van der Waals surface area contributed by atoms with Crippen molar-refractivity contribution in [2.75, 3.05) is 7.05 Å². The van der Waals surface area contributed by atoms with E-state index < -0.39 is 0 Å². The summed E-state index contributed by atoms with van der Waals surface area (Å²) in [4.78, 5) is 4.25. The van der Waals surface area contributed by atoms with E-state index in [-0.39, 0.29) is 0 Å². The minimum Gasteiger partial charge on any atom is -0.354 e. The maximum Gasteiger partial charge on any atom is 0.191 e. The smallest absolute Gasteiger partial charge is 0.191 e. The third-order valence-corrected chi connectivity index (χ3v) is 4.03. The number of aromatic nitrogens is 2. The number of hydrogen-bond donors (Lipinski definition) is 2. The van der Waals surface area contributed by atoms with Crippen LogP contribution in [0.2, 0.25) is 5.02 Å². The van der Waals surface area contributed by atoms with Crippen LogP contribution in [0.4, 0.5) is 0 Å². The van der Waals surface area contributed by atoms with Crippen molar-refractivity contribution >= 4 is 17.6 Å². The Morgan fingerprint density at radius 3 is 2.57 bits per heavy atom. The summed E-state index contributed by atoms with van der Waals surface area (Å²) in [5.41, 5.74) is 2.07. The second-order valence-corrected chi connectivity index (χ2v) is 6.31. The van der Waals surface area contributed by atoms with Crippen LogP contribution in [-0.4, -0.2) is 28.8 Å². The summed E-state index contributed by atoms with van der Waals surface area (Å²) < 4.78 is 1.83. The number of hydrogen-bond acceptors (Lipinski definition) is 2. The second-order valence-electron chi connectivity index (χ2n) is 5.87. The Bertz CT molecular complexity index is 645. The van der Waals surface area contributed by atoms with Crippen molar-refractivity contribution < 1.29 is 0 Å². The predicted octanol–water partition coefficient (Wildman–Crippen LogP) is 3.24. The highest BCUT2D eigenvalue weighted by Gasteiger charge is 2.09. The molecule has 1 aromatic heterocycles. The summed E-state index contributed by atoms with van der Waals surface area (Å²) in [7, 11) is 1.78. The van der Waals surface area contributed by atoms with Crippen molar-refractivity contribution in [3.63, 3.8) is 0 Å². The van der Waals surface area contributed by atoms with Gasteiger partial charge in [-0.05, 0) is 37.1 Å². The molecule has 1 aromatic carbocycles. The van der Waals surface area contributed by atoms with Crippen LogP contribution in [0.15, 0.2) is 41.7 Å². The normalized spacial score (nSPS) is 13.2. The lowest BCUT2D eigenvalue weighted by atomic mass is 10.1. The van der Waals surface area contributed by atoms with Gasteiger partial charge in [0.2, 0.25) is 0 Å². The molecule has 2 aromatic rings. The fourth-order valence-corrected chi connectivity index (χ4v) is 2.08. The monoisotopic (exact) mass is 333 g/mol. The van der Waals surface area contributed by atoms with Crippen molar-refractivity contribution in [2.45, 2.75) is 33.4 Å². The van der Waals surface area contributed by atoms with E-state index in [4.69, 9.17) is 11.6 Å². The highest BCUT2D eigenvalue weighted by atomic mass is 35.5. The average molecular weight is 334 g/mol. The van der Waals surface area contributed by atoms with Gasteiger partial charge in [0.05, 0.1) is 11.9 Å². The van der Waals surface area contributed by atoms with Gasteiger partial charge in [0, 0.05) is 36.4 Å². The molecule has 2 N–H and O–H groups in total. The highest BCUT2D eigenvalue weighted by Crippen LogP contribution is 2.13. The third-order valence-electron chi connectivity index (χ3n) is 3.78. The first-order valence-corrected chi connectivity index (χ1v) is 8.14. The Kier molecular flexibility index (Phi) is 6.04. The minimum absolute atomic E-state index is 0.359. The van der Waals surface area contributed by atoms with Crippen molar-refractivity contribution in [2.24, 2.45) is 10.9 Å². The molecule has 0 aliphatic heterocycles. The number of aliphatic imine (C=N–C) groups is 1. The van der Waals surface area contributed by atoms with Crippen LogP contribution in [0, 0.1) is 5.92 Å². The molecule has 1 heterocycles. The molecule has 6 heteroatoms. The van der Waals surface area contributed by atoms with E-state index in [0.29, 0.717) is 18.5 Å². The molecule has 0 saturated heterocycles. The van der Waals surface area contributed by atoms with Gasteiger partial charge in [-0.3, -0.25) is 4.99 Å². The predicted molar refractivity (Wildman–Crippen MR) is 96.2 cm³/mol. The molecule has 0 aliphatic rings. The highest BCUT2D eigenvalue weighted by molar-refractivity contribution is 6.30. The van der Waals surface area contributed by atoms with Gasteiger partial charge < -0.3 is 10.6 Å². The quantitative estimate of drug-likeness (QED) is 0.652. The molecule has 0 saturated carbocycles. The zero-order chi connectivity index (χ0) is 16.8. The van der Waals surface area contributed by atoms with E-state index in [1.807, 2.05) is 41.3 Å². The van der Waals surface area contributed by atoms with E-state index >= 15 is 0 Å². The first-order valence-electron chi connectivity index (χ1n) is 7.76. The fraction of sp³-hybridized carbons (Fsp3) is 0.412. The summed E-state index contributed by atoms with van der Waals surface area (Å²) in [6.07, 6.45) is 3.84. The third kappa shape index (κ3) is 4.99. The molecule has 124 valence electrons. The fourth-order valence-electron chi connectivity index (χ4n) is 1.95. The van der Waals surface area contributed by atoms with Crippen LogP contribution in [0.25, 0.3) is 5.69 Å². The Balaban J connectivity index is 1.95. The van der Waals surface area contributed by atoms with E-state index in [9.17, 15) is 0 Å². The van der Waals surface area contributed by atoms with Gasteiger partial charge in [0.25, 0.3) is 0 Å². The van der Waals surface area contributed by atoms with Crippen molar-refractivity contribution in [3.8, 4) is 5.69 Å². The number of guanidine groups is 1. The van der Waals surface area contributed by atoms with Gasteiger partial charge in [-0.2, -0.15) is 5.10 Å². The average Bonchev–Trinajstić information content (AvgIpc) is 3.00. The number of halogens is 1. The van der Waals surface area contributed by atoms with Gasteiger partial charge in [0.15, 0.2) is 5.96 Å². The number of rotatable bonds is 5. The van der Waals surface area contributed by atoms with Crippen molar-refractivity contribution in [1.29, 1.82) is 0 Å². The zero-order valence-corrected chi connectivity index (χ0v) is 14.8. The van der Waals surface area contributed by atoms with Crippen molar-refractivity contribution in [1.82, 2.24) is 20.4 Å². The molecule has 0 amide bonds. The van der Waals surface area contributed by atoms with Gasteiger partial charge >= 0.3 is 0 Å². The van der Waals surface area contributed by atoms with Gasteiger partial charge in [0.1, 0.15) is 0 Å². The summed E-state index contributed by atoms with van der Waals surface area (Å²) in [6, 6.07) is 7.96. The Morgan fingerprint density at radius 1 is 1.26 bits per heavy atom. The lowest BCUT2D eigenvalue weighted by molar-refractivity contribution is 0.481. The Morgan fingerprint density at radius 2 is 1.96 bits per heavy atom. The van der Waals surface area contributed by atoms with E-state index in [0.717, 1.165) is 22.2 Å². The van der Waals surface area contributed by atoms with E-state index in [1.54, 1.807) is 7.05 Å². The Hall–Kier alpha value is -2.01. The lowest BCUT2D eigenvalue weighted by Crippen LogP contribution is -2.43. The summed E-state index contributed by atoms with van der Waals surface area (Å²) >= 11 is 5.91. The van der Waals surface area contributed by atoms with Crippen LogP contribution in [-0.2, 0) is 6.54 Å². The molecule has 1 unspecified atom stereocenters. The summed E-state index contributed by atoms with van der Waals surface area (Å²) in [6.45, 7) is 7.18. The van der Waals surface area contributed by atoms with Crippen LogP contribution >= 0.6 is 11.6 Å². The molecule has 5 nitrogen and oxygen atoms in total. The van der Waals surface area contributed by atoms with E-state index in [1.165, 1.54) is 0 Å². The molecule has 2 rings (SSSR count). The standard InChI is InChI=1S/C17H24ClN5/c1-12(2)13(3)22-17(19-4)20-9-14-10-21-23(11-14)16-7-5-15(18)6-8-16/h5-8,10-13H,9H2,1-4H3,(H2,19,20,22). The van der Waals surface area contributed by atoms with E-state index in [2.05, 4.69) is 41.5 Å².